The molecular weight excluding hydrogens is 240 g/mol. The number of benzene rings is 1. The Morgan fingerprint density at radius 2 is 1.92 bits per heavy atom. The first-order valence-corrected chi connectivity index (χ1v) is 4.51. The molecule has 1 aromatic carbocycles. The zero-order chi connectivity index (χ0) is 10.0. The number of halogens is 1. The van der Waals surface area contributed by atoms with Crippen LogP contribution in [0.5, 0.6) is 17.2 Å². The molecule has 0 spiro atoms. The third-order valence-corrected chi connectivity index (χ3v) is 2.24. The number of phenolic OH excluding ortho intramolecular Hbond substituents is 3. The number of rotatable bonds is 2. The quantitative estimate of drug-likeness (QED) is 0.420. The summed E-state index contributed by atoms with van der Waals surface area (Å²) < 4.78 is 0. The molecule has 1 aromatic rings. The second-order valence-corrected chi connectivity index (χ2v) is 2.98. The van der Waals surface area contributed by atoms with E-state index in [1.165, 1.54) is 6.07 Å². The minimum Gasteiger partial charge on any atom is -0.504 e. The van der Waals surface area contributed by atoms with E-state index in [-0.39, 0.29) is 5.56 Å². The van der Waals surface area contributed by atoms with Crippen molar-refractivity contribution in [3.05, 3.63) is 17.2 Å². The monoisotopic (exact) mass is 246 g/mol. The highest BCUT2D eigenvalue weighted by atomic mass is 79.9. The van der Waals surface area contributed by atoms with E-state index in [0.29, 0.717) is 17.2 Å². The van der Waals surface area contributed by atoms with Gasteiger partial charge in [0.1, 0.15) is 0 Å². The van der Waals surface area contributed by atoms with Crippen LogP contribution in [0.4, 0.5) is 0 Å². The maximum atomic E-state index is 10.5. The molecule has 5 heteroatoms. The summed E-state index contributed by atoms with van der Waals surface area (Å²) in [6.45, 7) is 0. The lowest BCUT2D eigenvalue weighted by Gasteiger charge is -2.07. The number of carbonyl (C=O) groups excluding carboxylic acids is 1. The van der Waals surface area contributed by atoms with Crippen molar-refractivity contribution in [2.75, 3.05) is 0 Å². The van der Waals surface area contributed by atoms with E-state index < -0.39 is 17.2 Å². The molecule has 0 saturated carbocycles. The first-order valence-electron chi connectivity index (χ1n) is 3.39. The molecule has 0 amide bonds. The molecule has 3 N–H and O–H groups in total. The Kier molecular flexibility index (Phi) is 2.77. The number of carbonyl (C=O) groups is 1. The zero-order valence-electron chi connectivity index (χ0n) is 6.49. The van der Waals surface area contributed by atoms with Crippen LogP contribution in [0.25, 0.3) is 0 Å². The van der Waals surface area contributed by atoms with E-state index in [4.69, 9.17) is 10.2 Å². The number of phenols is 3. The van der Waals surface area contributed by atoms with Gasteiger partial charge in [-0.05, 0) is 11.6 Å². The van der Waals surface area contributed by atoms with Crippen LogP contribution < -0.4 is 0 Å². The fraction of sp³-hybridized carbons (Fsp3) is 0.125. The molecule has 0 atom stereocenters. The van der Waals surface area contributed by atoms with Gasteiger partial charge in [-0.25, -0.2) is 0 Å². The lowest BCUT2D eigenvalue weighted by molar-refractivity contribution is 0.111. The molecular formula is C8H7BrO4. The third-order valence-electron chi connectivity index (χ3n) is 1.64. The molecule has 0 saturated heterocycles. The average Bonchev–Trinajstić information content (AvgIpc) is 2.13. The lowest BCUT2D eigenvalue weighted by Crippen LogP contribution is -1.90. The van der Waals surface area contributed by atoms with Crippen LogP contribution >= 0.6 is 15.9 Å². The van der Waals surface area contributed by atoms with Crippen molar-refractivity contribution in [1.29, 1.82) is 0 Å². The summed E-state index contributed by atoms with van der Waals surface area (Å²) in [5.41, 5.74) is 0.398. The fourth-order valence-electron chi connectivity index (χ4n) is 0.954. The second-order valence-electron chi connectivity index (χ2n) is 2.42. The maximum absolute atomic E-state index is 10.5. The standard InChI is InChI=1S/C8H7BrO4/c9-2-4-1-6(11)8(13)7(12)5(4)3-10/h1,3,11-13H,2H2. The Morgan fingerprint density at radius 1 is 1.31 bits per heavy atom. The molecule has 0 heterocycles. The van der Waals surface area contributed by atoms with Crippen LogP contribution in [-0.2, 0) is 5.33 Å². The van der Waals surface area contributed by atoms with Gasteiger partial charge in [0.25, 0.3) is 0 Å². The van der Waals surface area contributed by atoms with Crippen molar-refractivity contribution >= 4 is 22.2 Å². The molecule has 4 nitrogen and oxygen atoms in total. The van der Waals surface area contributed by atoms with Crippen LogP contribution in [0.3, 0.4) is 0 Å². The predicted octanol–water partition coefficient (Wildman–Crippen LogP) is 1.51. The van der Waals surface area contributed by atoms with Gasteiger partial charge < -0.3 is 15.3 Å². The zero-order valence-corrected chi connectivity index (χ0v) is 8.08. The van der Waals surface area contributed by atoms with Crippen LogP contribution in [0, 0.1) is 0 Å². The Labute approximate surface area is 82.6 Å². The molecule has 0 aromatic heterocycles. The molecule has 0 unspecified atom stereocenters. The largest absolute Gasteiger partial charge is 0.504 e. The van der Waals surface area contributed by atoms with E-state index in [2.05, 4.69) is 15.9 Å². The van der Waals surface area contributed by atoms with Crippen LogP contribution in [0.15, 0.2) is 6.07 Å². The Bertz CT molecular complexity index is 348. The summed E-state index contributed by atoms with van der Waals surface area (Å²) >= 11 is 3.08. The van der Waals surface area contributed by atoms with Gasteiger partial charge in [0.05, 0.1) is 5.56 Å². The van der Waals surface area contributed by atoms with Crippen molar-refractivity contribution in [3.63, 3.8) is 0 Å². The lowest BCUT2D eigenvalue weighted by atomic mass is 10.1. The Balaban J connectivity index is 3.47. The highest BCUT2D eigenvalue weighted by Crippen LogP contribution is 2.39. The smallest absolute Gasteiger partial charge is 0.201 e. The number of hydrogen-bond acceptors (Lipinski definition) is 4. The van der Waals surface area contributed by atoms with Gasteiger partial charge in [-0.2, -0.15) is 0 Å². The van der Waals surface area contributed by atoms with E-state index in [9.17, 15) is 9.90 Å². The summed E-state index contributed by atoms with van der Waals surface area (Å²) in [4.78, 5) is 10.5. The van der Waals surface area contributed by atoms with Gasteiger partial charge >= 0.3 is 0 Å². The molecule has 0 radical (unpaired) electrons. The van der Waals surface area contributed by atoms with Crippen LogP contribution in [0.2, 0.25) is 0 Å². The van der Waals surface area contributed by atoms with Gasteiger partial charge in [0.2, 0.25) is 5.75 Å². The van der Waals surface area contributed by atoms with Gasteiger partial charge in [-0.3, -0.25) is 4.79 Å². The second kappa shape index (κ2) is 3.66. The average molecular weight is 247 g/mol. The van der Waals surface area contributed by atoms with Gasteiger partial charge in [-0.15, -0.1) is 0 Å². The molecule has 70 valence electrons. The third kappa shape index (κ3) is 1.60. The minimum atomic E-state index is -0.674. The van der Waals surface area contributed by atoms with Gasteiger partial charge in [0.15, 0.2) is 17.8 Å². The molecule has 0 aliphatic heterocycles. The van der Waals surface area contributed by atoms with Crippen LogP contribution in [-0.4, -0.2) is 21.6 Å². The summed E-state index contributed by atoms with van der Waals surface area (Å²) in [6, 6.07) is 1.22. The van der Waals surface area contributed by atoms with Crippen LogP contribution in [0.1, 0.15) is 15.9 Å². The van der Waals surface area contributed by atoms with E-state index in [0.717, 1.165) is 0 Å². The molecule has 0 aliphatic rings. The van der Waals surface area contributed by atoms with E-state index >= 15 is 0 Å². The van der Waals surface area contributed by atoms with Gasteiger partial charge in [-0.1, -0.05) is 15.9 Å². The number of alkyl halides is 1. The molecule has 0 aliphatic carbocycles. The van der Waals surface area contributed by atoms with Crippen molar-refractivity contribution in [2.45, 2.75) is 5.33 Å². The van der Waals surface area contributed by atoms with Crippen molar-refractivity contribution in [2.24, 2.45) is 0 Å². The number of aromatic hydroxyl groups is 3. The maximum Gasteiger partial charge on any atom is 0.201 e. The molecule has 13 heavy (non-hydrogen) atoms. The SMILES string of the molecule is O=Cc1c(CBr)cc(O)c(O)c1O. The van der Waals surface area contributed by atoms with E-state index in [1.54, 1.807) is 0 Å². The highest BCUT2D eigenvalue weighted by molar-refractivity contribution is 9.08. The molecule has 1 rings (SSSR count). The Hall–Kier alpha value is -1.23. The van der Waals surface area contributed by atoms with E-state index in [1.807, 2.05) is 0 Å². The summed E-state index contributed by atoms with van der Waals surface area (Å²) in [7, 11) is 0. The molecule has 0 fully saturated rings. The van der Waals surface area contributed by atoms with Gasteiger partial charge in [0, 0.05) is 5.33 Å². The fourth-order valence-corrected chi connectivity index (χ4v) is 1.42. The predicted molar refractivity (Wildman–Crippen MR) is 49.5 cm³/mol. The normalized spacial score (nSPS) is 9.92. The first-order chi connectivity index (χ1) is 6.11. The summed E-state index contributed by atoms with van der Waals surface area (Å²) in [5, 5.41) is 27.7. The first kappa shape index (κ1) is 9.85. The summed E-state index contributed by atoms with van der Waals surface area (Å²) in [6.07, 6.45) is 0.422. The van der Waals surface area contributed by atoms with Crippen molar-refractivity contribution in [3.8, 4) is 17.2 Å². The number of hydrogen-bond donors (Lipinski definition) is 3. The highest BCUT2D eigenvalue weighted by Gasteiger charge is 2.15. The summed E-state index contributed by atoms with van der Waals surface area (Å²) in [5.74, 6) is -1.71. The topological polar surface area (TPSA) is 77.8 Å². The Morgan fingerprint density at radius 3 is 2.38 bits per heavy atom. The molecule has 0 bridgehead atoms. The van der Waals surface area contributed by atoms with Crippen molar-refractivity contribution < 1.29 is 20.1 Å². The number of aldehydes is 1. The minimum absolute atomic E-state index is 0.0211. The van der Waals surface area contributed by atoms with Crippen molar-refractivity contribution in [1.82, 2.24) is 0 Å².